The first-order valence-corrected chi connectivity index (χ1v) is 6.32. The van der Waals surface area contributed by atoms with Gasteiger partial charge in [0.2, 0.25) is 0 Å². The molecular formula is C15H16F2N2O. The third kappa shape index (κ3) is 4.28. The Morgan fingerprint density at radius 1 is 1.20 bits per heavy atom. The summed E-state index contributed by atoms with van der Waals surface area (Å²) in [5, 5.41) is 3.35. The summed E-state index contributed by atoms with van der Waals surface area (Å²) < 4.78 is 28.4. The Hall–Kier alpha value is -2.01. The van der Waals surface area contributed by atoms with Crippen LogP contribution in [-0.2, 0) is 6.54 Å². The highest BCUT2D eigenvalue weighted by atomic mass is 19.3. The molecule has 1 N–H and O–H groups in total. The van der Waals surface area contributed by atoms with Crippen molar-refractivity contribution in [3.05, 3.63) is 59.9 Å². The molecule has 0 fully saturated rings. The first-order chi connectivity index (χ1) is 9.65. The second kappa shape index (κ2) is 6.96. The second-order valence-electron chi connectivity index (χ2n) is 4.41. The van der Waals surface area contributed by atoms with Gasteiger partial charge in [-0.3, -0.25) is 4.98 Å². The number of pyridine rings is 1. The van der Waals surface area contributed by atoms with E-state index in [4.69, 9.17) is 0 Å². The highest BCUT2D eigenvalue weighted by Crippen LogP contribution is 2.19. The number of alkyl halides is 2. The fraction of sp³-hybridized carbons (Fsp3) is 0.267. The van der Waals surface area contributed by atoms with Crippen molar-refractivity contribution in [3.63, 3.8) is 0 Å². The summed E-state index contributed by atoms with van der Waals surface area (Å²) in [5.41, 5.74) is 2.10. The predicted octanol–water partition coefficient (Wildman–Crippen LogP) is 3.53. The standard InChI is InChI=1S/C15H16F2N2O/c1-11(19-10-12-3-2-8-18-9-12)13-4-6-14(7-5-13)20-15(16)17/h2-9,11,15,19H,10H2,1H3. The summed E-state index contributed by atoms with van der Waals surface area (Å²) in [6.07, 6.45) is 3.54. The van der Waals surface area contributed by atoms with Crippen molar-refractivity contribution >= 4 is 0 Å². The van der Waals surface area contributed by atoms with E-state index in [-0.39, 0.29) is 11.8 Å². The molecule has 1 aromatic heterocycles. The minimum atomic E-state index is -2.79. The van der Waals surface area contributed by atoms with Gasteiger partial charge >= 0.3 is 6.61 Å². The molecule has 3 nitrogen and oxygen atoms in total. The molecule has 0 aliphatic rings. The lowest BCUT2D eigenvalue weighted by molar-refractivity contribution is -0.0498. The van der Waals surface area contributed by atoms with E-state index in [1.807, 2.05) is 19.1 Å². The minimum absolute atomic E-state index is 0.107. The SMILES string of the molecule is CC(NCc1cccnc1)c1ccc(OC(F)F)cc1. The van der Waals surface area contributed by atoms with Crippen LogP contribution in [0.3, 0.4) is 0 Å². The summed E-state index contributed by atoms with van der Waals surface area (Å²) in [4.78, 5) is 4.05. The quantitative estimate of drug-likeness (QED) is 0.877. The summed E-state index contributed by atoms with van der Waals surface area (Å²) >= 11 is 0. The van der Waals surface area contributed by atoms with Crippen LogP contribution in [-0.4, -0.2) is 11.6 Å². The second-order valence-corrected chi connectivity index (χ2v) is 4.41. The maximum Gasteiger partial charge on any atom is 0.387 e. The monoisotopic (exact) mass is 278 g/mol. The summed E-state index contributed by atoms with van der Waals surface area (Å²) in [7, 11) is 0. The van der Waals surface area contributed by atoms with Gasteiger partial charge in [-0.1, -0.05) is 18.2 Å². The number of aromatic nitrogens is 1. The number of hydrogen-bond donors (Lipinski definition) is 1. The number of benzene rings is 1. The molecule has 2 aromatic rings. The van der Waals surface area contributed by atoms with Gasteiger partial charge in [0.25, 0.3) is 0 Å². The number of ether oxygens (including phenoxy) is 1. The number of rotatable bonds is 6. The molecule has 0 spiro atoms. The third-order valence-electron chi connectivity index (χ3n) is 2.94. The Morgan fingerprint density at radius 2 is 1.95 bits per heavy atom. The molecule has 0 saturated carbocycles. The van der Waals surface area contributed by atoms with Crippen LogP contribution in [0.5, 0.6) is 5.75 Å². The highest BCUT2D eigenvalue weighted by Gasteiger charge is 2.07. The van der Waals surface area contributed by atoms with Gasteiger partial charge in [0.05, 0.1) is 0 Å². The Balaban J connectivity index is 1.90. The Bertz CT molecular complexity index is 517. The lowest BCUT2D eigenvalue weighted by Crippen LogP contribution is -2.18. The summed E-state index contributed by atoms with van der Waals surface area (Å²) in [6, 6.07) is 10.6. The lowest BCUT2D eigenvalue weighted by Gasteiger charge is -2.15. The molecule has 1 atom stereocenters. The average molecular weight is 278 g/mol. The van der Waals surface area contributed by atoms with Gasteiger partial charge < -0.3 is 10.1 Å². The fourth-order valence-electron chi connectivity index (χ4n) is 1.83. The van der Waals surface area contributed by atoms with E-state index in [0.29, 0.717) is 6.54 Å². The maximum atomic E-state index is 12.0. The zero-order valence-electron chi connectivity index (χ0n) is 11.1. The van der Waals surface area contributed by atoms with Gasteiger partial charge in [0, 0.05) is 25.0 Å². The molecule has 0 aliphatic heterocycles. The highest BCUT2D eigenvalue weighted by molar-refractivity contribution is 5.29. The smallest absolute Gasteiger partial charge is 0.387 e. The number of halogens is 2. The fourth-order valence-corrected chi connectivity index (χ4v) is 1.83. The number of nitrogens with zero attached hydrogens (tertiary/aromatic N) is 1. The van der Waals surface area contributed by atoms with E-state index in [1.165, 1.54) is 0 Å². The van der Waals surface area contributed by atoms with Gasteiger partial charge in [-0.15, -0.1) is 0 Å². The van der Waals surface area contributed by atoms with Crippen LogP contribution in [0.4, 0.5) is 8.78 Å². The molecule has 20 heavy (non-hydrogen) atoms. The van der Waals surface area contributed by atoms with Crippen molar-refractivity contribution in [2.24, 2.45) is 0 Å². The average Bonchev–Trinajstić information content (AvgIpc) is 2.46. The van der Waals surface area contributed by atoms with E-state index < -0.39 is 6.61 Å². The van der Waals surface area contributed by atoms with Crippen LogP contribution in [0.1, 0.15) is 24.1 Å². The van der Waals surface area contributed by atoms with E-state index in [0.717, 1.165) is 11.1 Å². The molecule has 1 aromatic carbocycles. The Labute approximate surface area is 116 Å². The molecule has 5 heteroatoms. The molecule has 0 radical (unpaired) electrons. The van der Waals surface area contributed by atoms with E-state index in [9.17, 15) is 8.78 Å². The zero-order chi connectivity index (χ0) is 14.4. The van der Waals surface area contributed by atoms with Crippen molar-refractivity contribution in [2.75, 3.05) is 0 Å². The Morgan fingerprint density at radius 3 is 2.55 bits per heavy atom. The first kappa shape index (κ1) is 14.4. The van der Waals surface area contributed by atoms with E-state index >= 15 is 0 Å². The zero-order valence-corrected chi connectivity index (χ0v) is 11.1. The van der Waals surface area contributed by atoms with Gasteiger partial charge in [-0.2, -0.15) is 8.78 Å². The van der Waals surface area contributed by atoms with Crippen molar-refractivity contribution in [3.8, 4) is 5.75 Å². The lowest BCUT2D eigenvalue weighted by atomic mass is 10.1. The van der Waals surface area contributed by atoms with Crippen molar-refractivity contribution < 1.29 is 13.5 Å². The summed E-state index contributed by atoms with van der Waals surface area (Å²) in [6.45, 7) is -0.0779. The molecule has 1 heterocycles. The van der Waals surface area contributed by atoms with Gasteiger partial charge in [-0.25, -0.2) is 0 Å². The van der Waals surface area contributed by atoms with Crippen molar-refractivity contribution in [1.82, 2.24) is 10.3 Å². The van der Waals surface area contributed by atoms with Gasteiger partial charge in [0.1, 0.15) is 5.75 Å². The van der Waals surface area contributed by atoms with Crippen LogP contribution in [0.25, 0.3) is 0 Å². The van der Waals surface area contributed by atoms with Crippen molar-refractivity contribution in [1.29, 1.82) is 0 Å². The predicted molar refractivity (Wildman–Crippen MR) is 72.6 cm³/mol. The minimum Gasteiger partial charge on any atom is -0.435 e. The molecular weight excluding hydrogens is 262 g/mol. The summed E-state index contributed by atoms with van der Waals surface area (Å²) in [5.74, 6) is 0.170. The largest absolute Gasteiger partial charge is 0.435 e. The van der Waals surface area contributed by atoms with Crippen LogP contribution in [0, 0.1) is 0 Å². The first-order valence-electron chi connectivity index (χ1n) is 6.32. The molecule has 2 rings (SSSR count). The topological polar surface area (TPSA) is 34.2 Å². The number of nitrogens with one attached hydrogen (secondary N) is 1. The number of hydrogen-bond acceptors (Lipinski definition) is 3. The van der Waals surface area contributed by atoms with E-state index in [1.54, 1.807) is 36.7 Å². The van der Waals surface area contributed by atoms with E-state index in [2.05, 4.69) is 15.0 Å². The normalized spacial score (nSPS) is 12.4. The van der Waals surface area contributed by atoms with Crippen molar-refractivity contribution in [2.45, 2.75) is 26.1 Å². The van der Waals surface area contributed by atoms with Gasteiger partial charge in [0.15, 0.2) is 0 Å². The van der Waals surface area contributed by atoms with Crippen LogP contribution < -0.4 is 10.1 Å². The Kier molecular flexibility index (Phi) is 5.01. The third-order valence-corrected chi connectivity index (χ3v) is 2.94. The molecule has 1 unspecified atom stereocenters. The van der Waals surface area contributed by atoms with Crippen LogP contribution >= 0.6 is 0 Å². The van der Waals surface area contributed by atoms with Crippen LogP contribution in [0.2, 0.25) is 0 Å². The molecule has 0 bridgehead atoms. The molecule has 0 saturated heterocycles. The van der Waals surface area contributed by atoms with Crippen LogP contribution in [0.15, 0.2) is 48.8 Å². The molecule has 106 valence electrons. The van der Waals surface area contributed by atoms with Gasteiger partial charge in [-0.05, 0) is 36.2 Å². The molecule has 0 aliphatic carbocycles. The maximum absolute atomic E-state index is 12.0. The molecule has 0 amide bonds.